The van der Waals surface area contributed by atoms with Gasteiger partial charge in [0.05, 0.1) is 0 Å². The van der Waals surface area contributed by atoms with Crippen LogP contribution in [0.1, 0.15) is 0 Å². The SMILES string of the molecule is [Co+2].[GeH2].[GeH2].[GeH3].[GeH3]. The molecule has 0 saturated heterocycles. The zero-order valence-electron chi connectivity index (χ0n) is 3.75. The molecule has 0 aliphatic rings. The summed E-state index contributed by atoms with van der Waals surface area (Å²) in [5.41, 5.74) is 0. The molecule has 0 fully saturated rings. The molecule has 0 N–H and O–H groups in total. The second-order valence-corrected chi connectivity index (χ2v) is 0. The van der Waals surface area contributed by atoms with Crippen LogP contribution in [0, 0.1) is 0 Å². The van der Waals surface area contributed by atoms with E-state index in [4.69, 9.17) is 0 Å². The van der Waals surface area contributed by atoms with Gasteiger partial charge in [-0.25, -0.2) is 0 Å². The van der Waals surface area contributed by atoms with Crippen LogP contribution in [0.15, 0.2) is 0 Å². The van der Waals surface area contributed by atoms with Crippen molar-refractivity contribution in [3.05, 3.63) is 0 Å². The number of rotatable bonds is 0. The molecule has 7 radical (unpaired) electrons. The third kappa shape index (κ3) is 20.4. The summed E-state index contributed by atoms with van der Waals surface area (Å²) in [6.07, 6.45) is 0. The van der Waals surface area contributed by atoms with Gasteiger partial charge < -0.3 is 0 Å². The third-order valence-electron chi connectivity index (χ3n) is 0. The summed E-state index contributed by atoms with van der Waals surface area (Å²) in [7, 11) is 0. The molecule has 0 aliphatic heterocycles. The van der Waals surface area contributed by atoms with Crippen LogP contribution in [0.5, 0.6) is 0 Å². The van der Waals surface area contributed by atoms with E-state index in [1.54, 1.807) is 0 Å². The molecule has 0 nitrogen and oxygen atoms in total. The van der Waals surface area contributed by atoms with Crippen LogP contribution >= 0.6 is 0 Å². The Morgan fingerprint density at radius 1 is 0.600 bits per heavy atom. The van der Waals surface area contributed by atoms with E-state index >= 15 is 0 Å². The van der Waals surface area contributed by atoms with Gasteiger partial charge >= 0.3 is 87.2 Å². The van der Waals surface area contributed by atoms with Crippen molar-refractivity contribution in [3.8, 4) is 0 Å². The molecular weight excluding hydrogens is 349 g/mol. The number of hydrogen-bond acceptors (Lipinski definition) is 0. The Morgan fingerprint density at radius 3 is 0.600 bits per heavy atom. The zero-order chi connectivity index (χ0) is 0. The van der Waals surface area contributed by atoms with E-state index in [1.807, 2.05) is 0 Å². The monoisotopic (exact) mass is 365 g/mol. The van der Waals surface area contributed by atoms with Gasteiger partial charge in [0.1, 0.15) is 0 Å². The molecule has 0 amide bonds. The molecule has 0 rings (SSSR count). The van der Waals surface area contributed by atoms with E-state index in [2.05, 4.69) is 0 Å². The van der Waals surface area contributed by atoms with Gasteiger partial charge in [0.15, 0.2) is 0 Å². The van der Waals surface area contributed by atoms with E-state index in [1.165, 1.54) is 0 Å². The number of hydrogen-bond donors (Lipinski definition) is 0. The molecule has 33 valence electrons. The van der Waals surface area contributed by atoms with Crippen molar-refractivity contribution in [3.63, 3.8) is 0 Å². The molecule has 0 aromatic carbocycles. The van der Waals surface area contributed by atoms with Crippen LogP contribution in [0.3, 0.4) is 0 Å². The van der Waals surface area contributed by atoms with Gasteiger partial charge in [-0.15, -0.1) is 0 Å². The van der Waals surface area contributed by atoms with Crippen LogP contribution in [0.4, 0.5) is 0 Å². The molecule has 0 spiro atoms. The van der Waals surface area contributed by atoms with Crippen LogP contribution in [-0.4, -0.2) is 70.4 Å². The Balaban J connectivity index is 0. The minimum absolute atomic E-state index is 0. The molecule has 0 saturated carbocycles. The fraction of sp³-hybridized carbons (Fsp3) is 0. The molecule has 0 aromatic heterocycles. The molecule has 0 bridgehead atoms. The van der Waals surface area contributed by atoms with Gasteiger partial charge in [-0.3, -0.25) is 0 Å². The topological polar surface area (TPSA) is 0 Å². The van der Waals surface area contributed by atoms with E-state index in [9.17, 15) is 0 Å². The zero-order valence-corrected chi connectivity index (χ0v) is 19.1. The maximum atomic E-state index is 0. The van der Waals surface area contributed by atoms with Gasteiger partial charge in [-0.1, -0.05) is 0 Å². The molecule has 0 unspecified atom stereocenters. The van der Waals surface area contributed by atoms with E-state index in [0.29, 0.717) is 0 Å². The van der Waals surface area contributed by atoms with Gasteiger partial charge in [-0.05, 0) is 0 Å². The van der Waals surface area contributed by atoms with E-state index < -0.39 is 0 Å². The summed E-state index contributed by atoms with van der Waals surface area (Å²) in [6, 6.07) is 0. The fourth-order valence-electron chi connectivity index (χ4n) is 0. The van der Waals surface area contributed by atoms with Gasteiger partial charge in [0.25, 0.3) is 0 Å². The summed E-state index contributed by atoms with van der Waals surface area (Å²) in [4.78, 5) is 0. The first-order valence-corrected chi connectivity index (χ1v) is 0. The Morgan fingerprint density at radius 2 is 0.600 bits per heavy atom. The second kappa shape index (κ2) is 30.0. The predicted molar refractivity (Wildman–Crippen MR) is 37.0 cm³/mol. The Hall–Kier alpha value is 2.68. The van der Waals surface area contributed by atoms with Gasteiger partial charge in [0.2, 0.25) is 0 Å². The molecule has 5 heteroatoms. The molecule has 0 atom stereocenters. The van der Waals surface area contributed by atoms with Crippen molar-refractivity contribution < 1.29 is 16.8 Å². The molecule has 0 aliphatic carbocycles. The molecule has 0 heterocycles. The standard InChI is InChI=1S/Co.2GeH3.2GeH2/h;2*1H3;2*1H2/q+2;;;;. The summed E-state index contributed by atoms with van der Waals surface area (Å²) in [5.74, 6) is 0. The van der Waals surface area contributed by atoms with Crippen molar-refractivity contribution >= 4 is 70.4 Å². The van der Waals surface area contributed by atoms with E-state index in [-0.39, 0.29) is 87.2 Å². The molecular formula is H10CoGe4+2. The first-order chi connectivity index (χ1) is 0. The average molecular weight is 359 g/mol. The average Bonchev–Trinajstić information content (AvgIpc) is 0. The molecule has 0 aromatic rings. The first kappa shape index (κ1) is 47.7. The summed E-state index contributed by atoms with van der Waals surface area (Å²) in [5, 5.41) is 0. The fourth-order valence-corrected chi connectivity index (χ4v) is 0. The summed E-state index contributed by atoms with van der Waals surface area (Å²) in [6.45, 7) is 0. The van der Waals surface area contributed by atoms with Crippen LogP contribution < -0.4 is 0 Å². The summed E-state index contributed by atoms with van der Waals surface area (Å²) < 4.78 is 0. The van der Waals surface area contributed by atoms with Crippen molar-refractivity contribution in [1.29, 1.82) is 0 Å². The third-order valence-corrected chi connectivity index (χ3v) is 0. The normalized spacial score (nSPS) is 0. The van der Waals surface area contributed by atoms with Crippen LogP contribution in [0.2, 0.25) is 0 Å². The van der Waals surface area contributed by atoms with Crippen molar-refractivity contribution in [1.82, 2.24) is 0 Å². The predicted octanol–water partition coefficient (Wildman–Crippen LogP) is -4.20. The Labute approximate surface area is 86.1 Å². The maximum absolute atomic E-state index is 0. The molecule has 5 heavy (non-hydrogen) atoms. The van der Waals surface area contributed by atoms with Crippen molar-refractivity contribution in [2.24, 2.45) is 0 Å². The van der Waals surface area contributed by atoms with Crippen LogP contribution in [-0.2, 0) is 16.8 Å². The van der Waals surface area contributed by atoms with E-state index in [0.717, 1.165) is 0 Å². The van der Waals surface area contributed by atoms with Crippen LogP contribution in [0.25, 0.3) is 0 Å². The second-order valence-electron chi connectivity index (χ2n) is 0. The summed E-state index contributed by atoms with van der Waals surface area (Å²) >= 11 is 0. The van der Waals surface area contributed by atoms with Crippen molar-refractivity contribution in [2.45, 2.75) is 0 Å². The minimum atomic E-state index is 0. The van der Waals surface area contributed by atoms with Gasteiger partial charge in [-0.2, -0.15) is 0 Å². The van der Waals surface area contributed by atoms with Crippen molar-refractivity contribution in [2.75, 3.05) is 0 Å². The Kier molecular flexibility index (Phi) is 287. The Bertz CT molecular complexity index is 3.61. The first-order valence-electron chi connectivity index (χ1n) is 0. The quantitative estimate of drug-likeness (QED) is 0.385. The van der Waals surface area contributed by atoms with Gasteiger partial charge in [0, 0.05) is 0 Å².